The van der Waals surface area contributed by atoms with Crippen molar-refractivity contribution in [3.8, 4) is 0 Å². The van der Waals surface area contributed by atoms with Gasteiger partial charge < -0.3 is 5.32 Å². The molecule has 0 spiro atoms. The third-order valence-electron chi connectivity index (χ3n) is 5.04. The Labute approximate surface area is 210 Å². The molecule has 0 bridgehead atoms. The van der Waals surface area contributed by atoms with Crippen molar-refractivity contribution in [2.24, 2.45) is 0 Å². The van der Waals surface area contributed by atoms with Crippen molar-refractivity contribution in [1.29, 1.82) is 0 Å². The second kappa shape index (κ2) is 9.48. The zero-order chi connectivity index (χ0) is 23.9. The van der Waals surface area contributed by atoms with E-state index < -0.39 is 17.8 Å². The lowest BCUT2D eigenvalue weighted by atomic mass is 10.2. The van der Waals surface area contributed by atoms with Crippen LogP contribution in [0.5, 0.6) is 0 Å². The Balaban J connectivity index is 1.42. The van der Waals surface area contributed by atoms with Crippen LogP contribution in [0.3, 0.4) is 0 Å². The van der Waals surface area contributed by atoms with Crippen LogP contribution in [-0.2, 0) is 24.1 Å². The van der Waals surface area contributed by atoms with Crippen LogP contribution in [0.2, 0.25) is 15.1 Å². The first-order valence-corrected chi connectivity index (χ1v) is 11.8. The molecule has 1 fully saturated rings. The predicted molar refractivity (Wildman–Crippen MR) is 123 cm³/mol. The zero-order valence-corrected chi connectivity index (χ0v) is 20.6. The maximum atomic E-state index is 13.2. The first kappa shape index (κ1) is 24.4. The fourth-order valence-corrected chi connectivity index (χ4v) is 4.62. The highest BCUT2D eigenvalue weighted by Crippen LogP contribution is 2.46. The van der Waals surface area contributed by atoms with E-state index in [0.717, 1.165) is 18.4 Å². The Kier molecular flexibility index (Phi) is 7.00. The molecule has 1 amide bonds. The van der Waals surface area contributed by atoms with E-state index in [2.05, 4.69) is 31.4 Å². The molecule has 1 saturated carbocycles. The van der Waals surface area contributed by atoms with Crippen molar-refractivity contribution >= 4 is 62.5 Å². The van der Waals surface area contributed by atoms with Crippen LogP contribution in [0.25, 0.3) is 0 Å². The van der Waals surface area contributed by atoms with Crippen LogP contribution in [0.4, 0.5) is 19.0 Å². The predicted octanol–water partition coefficient (Wildman–Crippen LogP) is 6.78. The lowest BCUT2D eigenvalue weighted by Crippen LogP contribution is -2.17. The summed E-state index contributed by atoms with van der Waals surface area (Å²) in [4.78, 5) is 12.5. The Hall–Kier alpha value is -1.75. The third-order valence-corrected chi connectivity index (χ3v) is 6.58. The van der Waals surface area contributed by atoms with Gasteiger partial charge in [0.2, 0.25) is 5.91 Å². The van der Waals surface area contributed by atoms with Gasteiger partial charge in [-0.15, -0.1) is 0 Å². The van der Waals surface area contributed by atoms with Gasteiger partial charge in [-0.05, 0) is 46.5 Å². The number of nitrogens with zero attached hydrogens (tertiary/aromatic N) is 4. The van der Waals surface area contributed by atoms with E-state index in [1.54, 1.807) is 29.1 Å². The average Bonchev–Trinajstić information content (AvgIpc) is 3.41. The lowest BCUT2D eigenvalue weighted by molar-refractivity contribution is -0.141. The number of alkyl halides is 3. The standard InChI is InChI=1S/C20H16BrCl3F3N5O/c21-13-9-31(8-11-3-4-12(22)7-14(11)23)30-19(13)28-15(33)5-6-32-17(10-1-2-10)16(24)18(29-32)20(25,26)27/h3-4,7,9-10H,1-2,5-6,8H2,(H,28,30,33). The summed E-state index contributed by atoms with van der Waals surface area (Å²) < 4.78 is 42.9. The van der Waals surface area contributed by atoms with Crippen LogP contribution < -0.4 is 5.32 Å². The highest BCUT2D eigenvalue weighted by Gasteiger charge is 2.42. The highest BCUT2D eigenvalue weighted by atomic mass is 79.9. The van der Waals surface area contributed by atoms with Crippen molar-refractivity contribution in [2.75, 3.05) is 5.32 Å². The van der Waals surface area contributed by atoms with Gasteiger partial charge in [0.25, 0.3) is 0 Å². The minimum atomic E-state index is -4.65. The second-order valence-corrected chi connectivity index (χ2v) is 9.68. The topological polar surface area (TPSA) is 64.7 Å². The summed E-state index contributed by atoms with van der Waals surface area (Å²) in [5.74, 6) is -0.205. The molecular weight excluding hydrogens is 570 g/mol. The molecule has 1 aromatic carbocycles. The third kappa shape index (κ3) is 5.67. The fourth-order valence-electron chi connectivity index (χ4n) is 3.34. The summed E-state index contributed by atoms with van der Waals surface area (Å²) >= 11 is 21.4. The van der Waals surface area contributed by atoms with Crippen molar-refractivity contribution < 1.29 is 18.0 Å². The molecule has 33 heavy (non-hydrogen) atoms. The number of carbonyl (C=O) groups is 1. The summed E-state index contributed by atoms with van der Waals surface area (Å²) in [6.45, 7) is 0.313. The van der Waals surface area contributed by atoms with Crippen molar-refractivity contribution in [2.45, 2.75) is 44.4 Å². The number of halogens is 7. The van der Waals surface area contributed by atoms with E-state index in [0.29, 0.717) is 26.8 Å². The molecule has 13 heteroatoms. The number of nitrogens with one attached hydrogen (secondary N) is 1. The molecule has 1 aliphatic rings. The number of benzene rings is 1. The van der Waals surface area contributed by atoms with E-state index >= 15 is 0 Å². The maximum Gasteiger partial charge on any atom is 0.436 e. The summed E-state index contributed by atoms with van der Waals surface area (Å²) in [5, 5.41) is 11.2. The van der Waals surface area contributed by atoms with Crippen LogP contribution in [-0.4, -0.2) is 25.5 Å². The largest absolute Gasteiger partial charge is 0.436 e. The monoisotopic (exact) mass is 583 g/mol. The smallest absolute Gasteiger partial charge is 0.308 e. The van der Waals surface area contributed by atoms with E-state index in [1.807, 2.05) is 0 Å². The van der Waals surface area contributed by atoms with E-state index in [4.69, 9.17) is 34.8 Å². The van der Waals surface area contributed by atoms with Gasteiger partial charge in [0.1, 0.15) is 0 Å². The quantitative estimate of drug-likeness (QED) is 0.333. The van der Waals surface area contributed by atoms with E-state index in [9.17, 15) is 18.0 Å². The molecule has 0 atom stereocenters. The Morgan fingerprint density at radius 1 is 1.21 bits per heavy atom. The summed E-state index contributed by atoms with van der Waals surface area (Å²) in [6, 6.07) is 5.12. The van der Waals surface area contributed by atoms with Crippen molar-refractivity contribution in [3.05, 3.63) is 60.9 Å². The first-order chi connectivity index (χ1) is 15.5. The van der Waals surface area contributed by atoms with E-state index in [1.165, 1.54) is 4.68 Å². The summed E-state index contributed by atoms with van der Waals surface area (Å²) in [6.07, 6.45) is -1.58. The van der Waals surface area contributed by atoms with Crippen LogP contribution in [0, 0.1) is 0 Å². The number of hydrogen-bond acceptors (Lipinski definition) is 3. The number of anilines is 1. The lowest BCUT2D eigenvalue weighted by Gasteiger charge is -2.07. The van der Waals surface area contributed by atoms with Crippen molar-refractivity contribution in [1.82, 2.24) is 19.6 Å². The zero-order valence-electron chi connectivity index (χ0n) is 16.8. The molecule has 2 aromatic heterocycles. The Morgan fingerprint density at radius 3 is 2.58 bits per heavy atom. The van der Waals surface area contributed by atoms with Crippen molar-refractivity contribution in [3.63, 3.8) is 0 Å². The summed E-state index contributed by atoms with van der Waals surface area (Å²) in [7, 11) is 0. The minimum absolute atomic E-state index is 0.0355. The fraction of sp³-hybridized carbons (Fsp3) is 0.350. The van der Waals surface area contributed by atoms with Gasteiger partial charge >= 0.3 is 6.18 Å². The van der Waals surface area contributed by atoms with Gasteiger partial charge in [-0.2, -0.15) is 23.4 Å². The number of amides is 1. The van der Waals surface area contributed by atoms with Gasteiger partial charge in [0.15, 0.2) is 11.5 Å². The molecule has 4 rings (SSSR count). The van der Waals surface area contributed by atoms with Crippen LogP contribution in [0.1, 0.15) is 42.1 Å². The number of carbonyl (C=O) groups excluding carboxylic acids is 1. The molecule has 2 heterocycles. The first-order valence-electron chi connectivity index (χ1n) is 9.83. The molecule has 1 N–H and O–H groups in total. The van der Waals surface area contributed by atoms with Crippen LogP contribution in [0.15, 0.2) is 28.9 Å². The van der Waals surface area contributed by atoms with Crippen LogP contribution >= 0.6 is 50.7 Å². The number of aromatic nitrogens is 4. The molecule has 1 aliphatic carbocycles. The molecule has 0 radical (unpaired) electrons. The van der Waals surface area contributed by atoms with Gasteiger partial charge in [0.05, 0.1) is 28.3 Å². The number of hydrogen-bond donors (Lipinski definition) is 1. The van der Waals surface area contributed by atoms with Gasteiger partial charge in [-0.25, -0.2) is 0 Å². The minimum Gasteiger partial charge on any atom is -0.308 e. The maximum absolute atomic E-state index is 13.2. The molecule has 176 valence electrons. The molecule has 6 nitrogen and oxygen atoms in total. The second-order valence-electron chi connectivity index (χ2n) is 7.60. The molecule has 0 aliphatic heterocycles. The SMILES string of the molecule is O=C(CCn1nc(C(F)(F)F)c(Cl)c1C1CC1)Nc1nn(Cc2ccc(Cl)cc2Cl)cc1Br. The Morgan fingerprint density at radius 2 is 1.94 bits per heavy atom. The average molecular weight is 586 g/mol. The molecule has 0 unspecified atom stereocenters. The van der Waals surface area contributed by atoms with Gasteiger partial charge in [0, 0.05) is 28.6 Å². The van der Waals surface area contributed by atoms with E-state index in [-0.39, 0.29) is 29.7 Å². The number of aryl methyl sites for hydroxylation is 1. The van der Waals surface area contributed by atoms with Gasteiger partial charge in [-0.3, -0.25) is 14.2 Å². The number of rotatable bonds is 7. The highest BCUT2D eigenvalue weighted by molar-refractivity contribution is 9.10. The Bertz CT molecular complexity index is 1210. The molecule has 3 aromatic rings. The summed E-state index contributed by atoms with van der Waals surface area (Å²) in [5.41, 5.74) is 0.00787. The molecule has 0 saturated heterocycles. The van der Waals surface area contributed by atoms with Gasteiger partial charge in [-0.1, -0.05) is 40.9 Å². The normalized spacial score (nSPS) is 14.0. The molecular formula is C20H16BrCl3F3N5O.